The van der Waals surface area contributed by atoms with Gasteiger partial charge in [0.1, 0.15) is 5.00 Å². The Balaban J connectivity index is 1.49. The number of carbonyl (C=O) groups is 2. The molecule has 2 aliphatic heterocycles. The first-order valence-electron chi connectivity index (χ1n) is 11.2. The summed E-state index contributed by atoms with van der Waals surface area (Å²) in [7, 11) is 0. The van der Waals surface area contributed by atoms with Crippen LogP contribution in [0.25, 0.3) is 0 Å². The standard InChI is InChI=1S/C24H26F2N2O3S/c25-24(26)14-28(15-24)21(29)19-17-9-12-31-13-18(17)32-20(19)27-22(30)23(10-5-2-6-11-23)16-7-3-1-4-8-16/h1,3-4,7-8H,2,5-6,9-15H2,(H,27,30). The number of hydrogen-bond acceptors (Lipinski definition) is 4. The van der Waals surface area contributed by atoms with Gasteiger partial charge in [0.15, 0.2) is 0 Å². The van der Waals surface area contributed by atoms with Crippen molar-refractivity contribution in [3.8, 4) is 0 Å². The maximum Gasteiger partial charge on any atom is 0.282 e. The molecule has 2 amide bonds. The zero-order valence-corrected chi connectivity index (χ0v) is 18.6. The Hall–Kier alpha value is -2.32. The average Bonchev–Trinajstić information content (AvgIpc) is 3.15. The molecular weight excluding hydrogens is 434 g/mol. The van der Waals surface area contributed by atoms with Crippen molar-refractivity contribution in [1.82, 2.24) is 4.90 Å². The van der Waals surface area contributed by atoms with Gasteiger partial charge < -0.3 is 15.0 Å². The second-order valence-electron chi connectivity index (χ2n) is 8.99. The van der Waals surface area contributed by atoms with Crippen molar-refractivity contribution in [2.75, 3.05) is 25.0 Å². The molecule has 170 valence electrons. The van der Waals surface area contributed by atoms with Crippen LogP contribution >= 0.6 is 11.3 Å². The monoisotopic (exact) mass is 460 g/mol. The molecular formula is C24H26F2N2O3S. The summed E-state index contributed by atoms with van der Waals surface area (Å²) in [6, 6.07) is 9.81. The molecule has 5 rings (SSSR count). The van der Waals surface area contributed by atoms with Gasteiger partial charge in [-0.25, -0.2) is 8.78 Å². The Morgan fingerprint density at radius 1 is 1.06 bits per heavy atom. The Bertz CT molecular complexity index is 1020. The summed E-state index contributed by atoms with van der Waals surface area (Å²) in [5, 5.41) is 3.53. The molecule has 1 N–H and O–H groups in total. The Morgan fingerprint density at radius 3 is 2.47 bits per heavy atom. The Morgan fingerprint density at radius 2 is 1.78 bits per heavy atom. The van der Waals surface area contributed by atoms with Gasteiger partial charge in [-0.15, -0.1) is 11.3 Å². The molecule has 1 saturated carbocycles. The maximum atomic E-state index is 13.8. The van der Waals surface area contributed by atoms with Crippen molar-refractivity contribution in [1.29, 1.82) is 0 Å². The zero-order chi connectivity index (χ0) is 22.3. The number of fused-ring (bicyclic) bond motifs is 1. The number of nitrogens with zero attached hydrogens (tertiary/aromatic N) is 1. The molecule has 0 spiro atoms. The average molecular weight is 461 g/mol. The van der Waals surface area contributed by atoms with E-state index in [1.807, 2.05) is 30.3 Å². The lowest BCUT2D eigenvalue weighted by Gasteiger charge is -2.39. The fourth-order valence-electron chi connectivity index (χ4n) is 5.14. The number of halogens is 2. The topological polar surface area (TPSA) is 58.6 Å². The molecule has 5 nitrogen and oxygen atoms in total. The summed E-state index contributed by atoms with van der Waals surface area (Å²) in [6.45, 7) is -0.305. The number of alkyl halides is 2. The molecule has 3 heterocycles. The van der Waals surface area contributed by atoms with E-state index in [2.05, 4.69) is 5.32 Å². The quantitative estimate of drug-likeness (QED) is 0.716. The number of nitrogens with one attached hydrogen (secondary N) is 1. The van der Waals surface area contributed by atoms with Crippen LogP contribution in [0.4, 0.5) is 13.8 Å². The molecule has 1 aromatic carbocycles. The van der Waals surface area contributed by atoms with E-state index in [9.17, 15) is 18.4 Å². The molecule has 2 fully saturated rings. The highest BCUT2D eigenvalue weighted by molar-refractivity contribution is 7.17. The van der Waals surface area contributed by atoms with Crippen LogP contribution < -0.4 is 5.32 Å². The molecule has 8 heteroatoms. The van der Waals surface area contributed by atoms with Crippen molar-refractivity contribution in [2.24, 2.45) is 0 Å². The van der Waals surface area contributed by atoms with E-state index < -0.39 is 30.3 Å². The summed E-state index contributed by atoms with van der Waals surface area (Å²) in [5.41, 5.74) is 1.53. The van der Waals surface area contributed by atoms with Crippen LogP contribution in [0, 0.1) is 0 Å². The van der Waals surface area contributed by atoms with Crippen molar-refractivity contribution in [2.45, 2.75) is 56.5 Å². The number of benzene rings is 1. The number of hydrogen-bond donors (Lipinski definition) is 1. The predicted octanol–water partition coefficient (Wildman–Crippen LogP) is 4.75. The van der Waals surface area contributed by atoms with E-state index in [1.54, 1.807) is 0 Å². The molecule has 0 atom stereocenters. The summed E-state index contributed by atoms with van der Waals surface area (Å²) < 4.78 is 32.4. The smallest absolute Gasteiger partial charge is 0.282 e. The van der Waals surface area contributed by atoms with Gasteiger partial charge >= 0.3 is 0 Å². The summed E-state index contributed by atoms with van der Waals surface area (Å²) in [5.74, 6) is -3.38. The van der Waals surface area contributed by atoms with E-state index in [0.717, 1.165) is 48.1 Å². The minimum Gasteiger partial charge on any atom is -0.376 e. The van der Waals surface area contributed by atoms with Gasteiger partial charge in [0, 0.05) is 4.88 Å². The van der Waals surface area contributed by atoms with Gasteiger partial charge in [-0.3, -0.25) is 9.59 Å². The number of rotatable bonds is 4. The fourth-order valence-corrected chi connectivity index (χ4v) is 6.31. The first kappa shape index (κ1) is 21.5. The van der Waals surface area contributed by atoms with Crippen molar-refractivity contribution < 1.29 is 23.1 Å². The molecule has 0 bridgehead atoms. The lowest BCUT2D eigenvalue weighted by atomic mass is 9.68. The number of ether oxygens (including phenoxy) is 1. The third kappa shape index (κ3) is 3.73. The first-order valence-corrected chi connectivity index (χ1v) is 12.0. The number of likely N-dealkylation sites (tertiary alicyclic amines) is 1. The second kappa shape index (κ2) is 8.23. The number of anilines is 1. The predicted molar refractivity (Wildman–Crippen MR) is 118 cm³/mol. The van der Waals surface area contributed by atoms with E-state index >= 15 is 0 Å². The van der Waals surface area contributed by atoms with Gasteiger partial charge in [0.2, 0.25) is 5.91 Å². The molecule has 32 heavy (non-hydrogen) atoms. The highest BCUT2D eigenvalue weighted by Crippen LogP contribution is 2.43. The second-order valence-corrected chi connectivity index (χ2v) is 10.1. The van der Waals surface area contributed by atoms with Crippen molar-refractivity contribution >= 4 is 28.2 Å². The van der Waals surface area contributed by atoms with Gasteiger partial charge in [0.25, 0.3) is 11.8 Å². The number of thiophene rings is 1. The summed E-state index contributed by atoms with van der Waals surface area (Å²) in [4.78, 5) is 29.0. The van der Waals surface area contributed by atoms with Crippen LogP contribution in [-0.4, -0.2) is 42.3 Å². The molecule has 0 unspecified atom stereocenters. The molecule has 1 aromatic heterocycles. The van der Waals surface area contributed by atoms with Crippen molar-refractivity contribution in [3.05, 3.63) is 51.9 Å². The van der Waals surface area contributed by atoms with Crippen LogP contribution in [0.15, 0.2) is 30.3 Å². The third-order valence-corrected chi connectivity index (χ3v) is 7.98. The fraction of sp³-hybridized carbons (Fsp3) is 0.500. The first-order chi connectivity index (χ1) is 15.4. The Kier molecular flexibility index (Phi) is 5.53. The van der Waals surface area contributed by atoms with Crippen LogP contribution in [-0.2, 0) is 28.0 Å². The molecule has 2 aromatic rings. The SMILES string of the molecule is O=C(c1c(NC(=O)C2(c3ccccc3)CCCCC2)sc2c1CCOC2)N1CC(F)(F)C1. The van der Waals surface area contributed by atoms with Crippen LogP contribution in [0.5, 0.6) is 0 Å². The van der Waals surface area contributed by atoms with Gasteiger partial charge in [-0.05, 0) is 30.4 Å². The Labute approximate surface area is 189 Å². The lowest BCUT2D eigenvalue weighted by molar-refractivity contribution is -0.122. The molecule has 1 saturated heterocycles. The van der Waals surface area contributed by atoms with E-state index in [1.165, 1.54) is 16.2 Å². The highest BCUT2D eigenvalue weighted by atomic mass is 32.1. The van der Waals surface area contributed by atoms with Crippen LogP contribution in [0.1, 0.15) is 58.5 Å². The van der Waals surface area contributed by atoms with Crippen molar-refractivity contribution in [3.63, 3.8) is 0 Å². The lowest BCUT2D eigenvalue weighted by Crippen LogP contribution is -2.58. The van der Waals surface area contributed by atoms with E-state index in [4.69, 9.17) is 4.74 Å². The third-order valence-electron chi connectivity index (χ3n) is 6.86. The summed E-state index contributed by atoms with van der Waals surface area (Å²) >= 11 is 1.34. The largest absolute Gasteiger partial charge is 0.376 e. The maximum absolute atomic E-state index is 13.8. The van der Waals surface area contributed by atoms with E-state index in [0.29, 0.717) is 30.2 Å². The van der Waals surface area contributed by atoms with E-state index in [-0.39, 0.29) is 5.91 Å². The molecule has 3 aliphatic rings. The van der Waals surface area contributed by atoms with Crippen LogP contribution in [0.3, 0.4) is 0 Å². The molecule has 1 aliphatic carbocycles. The minimum absolute atomic E-state index is 0.120. The zero-order valence-electron chi connectivity index (χ0n) is 17.8. The number of carbonyl (C=O) groups excluding carboxylic acids is 2. The normalized spacial score (nSPS) is 21.4. The van der Waals surface area contributed by atoms with Gasteiger partial charge in [0.05, 0.1) is 37.3 Å². The van der Waals surface area contributed by atoms with Crippen LogP contribution in [0.2, 0.25) is 0 Å². The van der Waals surface area contributed by atoms with Gasteiger partial charge in [-0.2, -0.15) is 0 Å². The summed E-state index contributed by atoms with van der Waals surface area (Å²) in [6.07, 6.45) is 5.06. The number of amides is 2. The van der Waals surface area contributed by atoms with Gasteiger partial charge in [-0.1, -0.05) is 49.6 Å². The highest BCUT2D eigenvalue weighted by Gasteiger charge is 2.48. The minimum atomic E-state index is -2.84. The molecule has 0 radical (unpaired) electrons.